The average molecular weight is 119 g/mol. The second kappa shape index (κ2) is 3.92. The van der Waals surface area contributed by atoms with Crippen LogP contribution in [-0.4, -0.2) is 28.4 Å². The summed E-state index contributed by atoms with van der Waals surface area (Å²) in [5.74, 6) is 0. The molecule has 0 aliphatic carbocycles. The molecule has 0 aliphatic heterocycles. The highest BCUT2D eigenvalue weighted by atomic mass is 19.2. The van der Waals surface area contributed by atoms with Crippen LogP contribution in [0.2, 0.25) is 0 Å². The minimum Gasteiger partial charge on any atom is -0.350 e. The third kappa shape index (κ3) is 2.33. The molecule has 0 nitrogen and oxygen atoms in total. The molecule has 0 bridgehead atoms. The van der Waals surface area contributed by atoms with E-state index in [-0.39, 0.29) is 0 Å². The van der Waals surface area contributed by atoms with E-state index < -0.39 is 28.4 Å². The Morgan fingerprint density at radius 3 is 1.25 bits per heavy atom. The first kappa shape index (κ1) is 7.98. The third-order valence-electron chi connectivity index (χ3n) is 0.545. The van der Waals surface area contributed by atoms with Gasteiger partial charge in [0, 0.05) is 0 Å². The topological polar surface area (TPSA) is 0 Å². The molecule has 0 aliphatic rings. The van der Waals surface area contributed by atoms with Gasteiger partial charge < -0.3 is 17.3 Å². The van der Waals surface area contributed by atoms with Crippen molar-refractivity contribution >= 4 is 28.4 Å². The highest BCUT2D eigenvalue weighted by molar-refractivity contribution is 7.53. The molecular weight excluding hydrogens is 119 g/mol. The molecular formula is B4F4. The van der Waals surface area contributed by atoms with Gasteiger partial charge in [-0.1, -0.05) is 0 Å². The summed E-state index contributed by atoms with van der Waals surface area (Å²) in [5.41, 5.74) is 0. The molecule has 0 unspecified atom stereocenters. The fraction of sp³-hybridized carbons (Fsp3) is 0. The Morgan fingerprint density at radius 2 is 1.12 bits per heavy atom. The lowest BCUT2D eigenvalue weighted by molar-refractivity contribution is 0.807. The Kier molecular flexibility index (Phi) is 3.91. The molecule has 0 N–H and O–H groups in total. The molecule has 8 heavy (non-hydrogen) atoms. The summed E-state index contributed by atoms with van der Waals surface area (Å²) in [4.78, 5) is 0. The molecule has 0 aromatic heterocycles. The van der Waals surface area contributed by atoms with Crippen LogP contribution >= 0.6 is 0 Å². The van der Waals surface area contributed by atoms with Gasteiger partial charge in [0.25, 0.3) is 0 Å². The van der Waals surface area contributed by atoms with Crippen molar-refractivity contribution in [2.45, 2.75) is 0 Å². The van der Waals surface area contributed by atoms with Crippen molar-refractivity contribution < 1.29 is 17.3 Å². The van der Waals surface area contributed by atoms with Gasteiger partial charge in [0.1, 0.15) is 0 Å². The second-order valence-electron chi connectivity index (χ2n) is 1.14. The molecule has 0 aromatic rings. The standard InChI is InChI=1S/B4F4/c5-1-3(7)4(8)2-6. The van der Waals surface area contributed by atoms with E-state index in [9.17, 15) is 17.3 Å². The summed E-state index contributed by atoms with van der Waals surface area (Å²) in [6, 6.07) is 0. The highest BCUT2D eigenvalue weighted by Gasteiger charge is 2.34. The first-order valence-electron chi connectivity index (χ1n) is 1.87. The van der Waals surface area contributed by atoms with Crippen LogP contribution in [0.25, 0.3) is 0 Å². The highest BCUT2D eigenvalue weighted by Crippen LogP contribution is 1.91. The number of hydrogen-bond acceptors (Lipinski definition) is 0. The SMILES string of the molecule is F[B]B(F)B(F)[B]F. The molecule has 0 amide bonds. The van der Waals surface area contributed by atoms with Gasteiger partial charge >= 0.3 is 28.4 Å². The van der Waals surface area contributed by atoms with Crippen LogP contribution in [0.5, 0.6) is 0 Å². The quantitative estimate of drug-likeness (QED) is 0.367. The fourth-order valence-corrected chi connectivity index (χ4v) is 0.139. The van der Waals surface area contributed by atoms with Gasteiger partial charge in [-0.25, -0.2) is 0 Å². The van der Waals surface area contributed by atoms with E-state index in [1.54, 1.807) is 0 Å². The molecule has 0 aromatic carbocycles. The van der Waals surface area contributed by atoms with Crippen LogP contribution in [0.1, 0.15) is 0 Å². The van der Waals surface area contributed by atoms with Gasteiger partial charge in [-0.2, -0.15) is 0 Å². The molecule has 0 spiro atoms. The van der Waals surface area contributed by atoms with Gasteiger partial charge in [-0.05, 0) is 0 Å². The number of hydrogen-bond donors (Lipinski definition) is 0. The molecule has 40 valence electrons. The molecule has 0 fully saturated rings. The van der Waals surface area contributed by atoms with Crippen molar-refractivity contribution in [2.75, 3.05) is 0 Å². The van der Waals surface area contributed by atoms with Crippen molar-refractivity contribution in [3.05, 3.63) is 0 Å². The second-order valence-corrected chi connectivity index (χ2v) is 1.14. The summed E-state index contributed by atoms with van der Waals surface area (Å²) < 4.78 is 44.7. The largest absolute Gasteiger partial charge is 0.350 e. The maximum Gasteiger partial charge on any atom is 0.350 e. The molecule has 8 heteroatoms. The minimum atomic E-state index is -2.47. The first-order chi connectivity index (χ1) is 3.72. The lowest BCUT2D eigenvalue weighted by Crippen LogP contribution is -2.36. The minimum absolute atomic E-state index is 0.541. The van der Waals surface area contributed by atoms with Crippen LogP contribution in [0, 0.1) is 0 Å². The van der Waals surface area contributed by atoms with E-state index in [0.29, 0.717) is 0 Å². The Bertz CT molecular complexity index is 48.0. The van der Waals surface area contributed by atoms with Crippen LogP contribution < -0.4 is 0 Å². The van der Waals surface area contributed by atoms with Gasteiger partial charge in [0.15, 0.2) is 0 Å². The third-order valence-corrected chi connectivity index (χ3v) is 0.545. The summed E-state index contributed by atoms with van der Waals surface area (Å²) in [6.07, 6.45) is 0. The Labute approximate surface area is 46.8 Å². The maximum atomic E-state index is 11.4. The predicted molar refractivity (Wildman–Crippen MR) is 27.4 cm³/mol. The molecule has 0 saturated carbocycles. The van der Waals surface area contributed by atoms with Gasteiger partial charge in [0.05, 0.1) is 0 Å². The first-order valence-corrected chi connectivity index (χ1v) is 1.87. The normalized spacial score (nSPS) is 8.00. The van der Waals surface area contributed by atoms with Crippen molar-refractivity contribution in [3.63, 3.8) is 0 Å². The number of halogens is 4. The molecule has 0 saturated heterocycles. The molecule has 0 atom stereocenters. The average Bonchev–Trinajstić information content (AvgIpc) is 1.84. The molecule has 0 heterocycles. The van der Waals surface area contributed by atoms with Crippen molar-refractivity contribution in [1.82, 2.24) is 0 Å². The Morgan fingerprint density at radius 1 is 0.875 bits per heavy atom. The summed E-state index contributed by atoms with van der Waals surface area (Å²) in [6.45, 7) is -4.94. The fourth-order valence-electron chi connectivity index (χ4n) is 0.139. The van der Waals surface area contributed by atoms with E-state index >= 15 is 0 Å². The van der Waals surface area contributed by atoms with Crippen molar-refractivity contribution in [3.8, 4) is 0 Å². The summed E-state index contributed by atoms with van der Waals surface area (Å²) in [7, 11) is -1.08. The zero-order chi connectivity index (χ0) is 6.57. The van der Waals surface area contributed by atoms with E-state index in [2.05, 4.69) is 0 Å². The zero-order valence-electron chi connectivity index (χ0n) is 3.82. The van der Waals surface area contributed by atoms with E-state index in [1.807, 2.05) is 0 Å². The lowest BCUT2D eigenvalue weighted by atomic mass is 9.09. The summed E-state index contributed by atoms with van der Waals surface area (Å²) >= 11 is 0. The van der Waals surface area contributed by atoms with Crippen molar-refractivity contribution in [1.29, 1.82) is 0 Å². The van der Waals surface area contributed by atoms with Crippen molar-refractivity contribution in [2.24, 2.45) is 0 Å². The van der Waals surface area contributed by atoms with Crippen LogP contribution in [0.3, 0.4) is 0 Å². The lowest BCUT2D eigenvalue weighted by Gasteiger charge is -1.91. The zero-order valence-corrected chi connectivity index (χ0v) is 3.82. The van der Waals surface area contributed by atoms with E-state index in [1.165, 1.54) is 0 Å². The van der Waals surface area contributed by atoms with Gasteiger partial charge in [0.2, 0.25) is 0 Å². The Hall–Kier alpha value is -0.0203. The smallest absolute Gasteiger partial charge is 0.350 e. The monoisotopic (exact) mass is 120 g/mol. The molecule has 0 rings (SSSR count). The Balaban J connectivity index is 3.29. The molecule has 2 radical (unpaired) electrons. The van der Waals surface area contributed by atoms with E-state index in [0.717, 1.165) is 0 Å². The van der Waals surface area contributed by atoms with Crippen LogP contribution in [0.15, 0.2) is 0 Å². The van der Waals surface area contributed by atoms with Crippen LogP contribution in [0.4, 0.5) is 17.3 Å². The number of rotatable bonds is 3. The predicted octanol–water partition coefficient (Wildman–Crippen LogP) is 0.158. The van der Waals surface area contributed by atoms with Gasteiger partial charge in [-0.3, -0.25) is 0 Å². The van der Waals surface area contributed by atoms with Gasteiger partial charge in [-0.15, -0.1) is 0 Å². The van der Waals surface area contributed by atoms with Crippen LogP contribution in [-0.2, 0) is 0 Å². The summed E-state index contributed by atoms with van der Waals surface area (Å²) in [5, 5.41) is 0. The maximum absolute atomic E-state index is 11.4. The van der Waals surface area contributed by atoms with E-state index in [4.69, 9.17) is 0 Å².